The van der Waals surface area contributed by atoms with E-state index < -0.39 is 36.3 Å². The van der Waals surface area contributed by atoms with Gasteiger partial charge in [-0.1, -0.05) is 46.3 Å². The zero-order valence-corrected chi connectivity index (χ0v) is 28.2. The van der Waals surface area contributed by atoms with E-state index in [1.807, 2.05) is 0 Å². The van der Waals surface area contributed by atoms with Crippen LogP contribution in [0.4, 0.5) is 0 Å². The van der Waals surface area contributed by atoms with Crippen LogP contribution in [-0.2, 0) is 14.3 Å². The van der Waals surface area contributed by atoms with E-state index in [0.717, 1.165) is 44.9 Å². The first-order valence-corrected chi connectivity index (χ1v) is 17.0. The topological polar surface area (TPSA) is 116 Å². The molecule has 5 aliphatic rings. The summed E-state index contributed by atoms with van der Waals surface area (Å²) in [4.78, 5) is 14.6. The molecule has 43 heavy (non-hydrogen) atoms. The summed E-state index contributed by atoms with van der Waals surface area (Å²) in [5.74, 6) is 0.777. The number of rotatable bonds is 6. The molecule has 5 fully saturated rings. The molecular formula is C36H60O7. The predicted octanol–water partition coefficient (Wildman–Crippen LogP) is 5.56. The number of allylic oxidation sites excluding steroid dienone is 2. The van der Waals surface area contributed by atoms with Gasteiger partial charge in [-0.2, -0.15) is 0 Å². The quantitative estimate of drug-likeness (QED) is 0.293. The molecule has 1 heterocycles. The molecule has 0 aromatic heterocycles. The fraction of sp³-hybridized carbons (Fsp3) is 0.917. The van der Waals surface area contributed by atoms with Crippen LogP contribution in [0.5, 0.6) is 0 Å². The van der Waals surface area contributed by atoms with Crippen LogP contribution >= 0.6 is 0 Å². The summed E-state index contributed by atoms with van der Waals surface area (Å²) in [5, 5.41) is 42.8. The monoisotopic (exact) mass is 604 g/mol. The Morgan fingerprint density at radius 2 is 1.58 bits per heavy atom. The summed E-state index contributed by atoms with van der Waals surface area (Å²) in [6.07, 6.45) is 3.86. The van der Waals surface area contributed by atoms with Crippen molar-refractivity contribution in [2.45, 2.75) is 163 Å². The van der Waals surface area contributed by atoms with Crippen LogP contribution in [0, 0.1) is 45.3 Å². The van der Waals surface area contributed by atoms with Crippen LogP contribution in [0.25, 0.3) is 0 Å². The minimum Gasteiger partial charge on any atom is -0.393 e. The lowest BCUT2D eigenvalue weighted by molar-refractivity contribution is -0.327. The summed E-state index contributed by atoms with van der Waals surface area (Å²) in [6, 6.07) is 0. The lowest BCUT2D eigenvalue weighted by atomic mass is 9.35. The van der Waals surface area contributed by atoms with E-state index in [-0.39, 0.29) is 45.5 Å². The van der Waals surface area contributed by atoms with E-state index in [9.17, 15) is 25.2 Å². The highest BCUT2D eigenvalue weighted by molar-refractivity contribution is 5.84. The second kappa shape index (κ2) is 11.2. The van der Waals surface area contributed by atoms with Gasteiger partial charge in [-0.25, -0.2) is 0 Å². The summed E-state index contributed by atoms with van der Waals surface area (Å²) in [7, 11) is 0. The first-order chi connectivity index (χ1) is 19.8. The minimum absolute atomic E-state index is 0.00780. The highest BCUT2D eigenvalue weighted by atomic mass is 16.7. The van der Waals surface area contributed by atoms with Crippen LogP contribution < -0.4 is 0 Å². The fourth-order valence-corrected chi connectivity index (χ4v) is 11.5. The number of Topliss-reactive ketones (excluding diaryl/α,β-unsaturated/α-hetero) is 1. The first-order valence-electron chi connectivity index (χ1n) is 17.0. The number of aliphatic hydroxyl groups excluding tert-OH is 4. The lowest BCUT2D eigenvalue weighted by Crippen LogP contribution is -2.66. The van der Waals surface area contributed by atoms with Crippen LogP contribution in [0.2, 0.25) is 0 Å². The molecule has 0 aromatic rings. The normalized spacial score (nSPS) is 50.7. The molecule has 14 atom stereocenters. The molecule has 0 aromatic carbocycles. The Bertz CT molecular complexity index is 1100. The third-order valence-corrected chi connectivity index (χ3v) is 14.3. The zero-order valence-electron chi connectivity index (χ0n) is 28.2. The number of hydrogen-bond acceptors (Lipinski definition) is 7. The van der Waals surface area contributed by atoms with Crippen molar-refractivity contribution in [3.63, 3.8) is 0 Å². The number of ether oxygens (including phenoxy) is 2. The second-order valence-corrected chi connectivity index (χ2v) is 17.1. The molecule has 1 saturated heterocycles. The summed E-state index contributed by atoms with van der Waals surface area (Å²) in [6.45, 7) is 19.6. The molecule has 5 rings (SSSR count). The highest BCUT2D eigenvalue weighted by Crippen LogP contribution is 2.75. The summed E-state index contributed by atoms with van der Waals surface area (Å²) < 4.78 is 12.7. The third-order valence-electron chi connectivity index (χ3n) is 14.3. The highest BCUT2D eigenvalue weighted by Gasteiger charge is 2.71. The largest absolute Gasteiger partial charge is 0.393 e. The van der Waals surface area contributed by atoms with Crippen molar-refractivity contribution in [1.82, 2.24) is 0 Å². The molecule has 0 amide bonds. The lowest BCUT2D eigenvalue weighted by Gasteiger charge is -2.69. The van der Waals surface area contributed by atoms with Crippen molar-refractivity contribution < 1.29 is 34.7 Å². The van der Waals surface area contributed by atoms with E-state index in [1.54, 1.807) is 6.92 Å². The molecule has 1 aliphatic heterocycles. The van der Waals surface area contributed by atoms with E-state index in [1.165, 1.54) is 5.57 Å². The van der Waals surface area contributed by atoms with Crippen LogP contribution in [0.1, 0.15) is 120 Å². The number of aliphatic hydroxyl groups is 4. The maximum atomic E-state index is 14.6. The number of hydrogen-bond donors (Lipinski definition) is 4. The summed E-state index contributed by atoms with van der Waals surface area (Å²) in [5.41, 5.74) is 0.0739. The SMILES string of the molecule is CC(C)=CCC[C@](C)(O[C@H]1O[C@@H](C)[C@H](O)[C@@H](O)[C@H]1O)[C@H]1CC[C@]2(C)[C@@H]1C(=O)C[C@@H]1[C@@]3(C)CC[C@H](O)C(C)(C)[C@@H]3CC[C@]12C. The van der Waals surface area contributed by atoms with Gasteiger partial charge in [-0.05, 0) is 118 Å². The van der Waals surface area contributed by atoms with Crippen molar-refractivity contribution >= 4 is 5.78 Å². The van der Waals surface area contributed by atoms with Gasteiger partial charge in [-0.3, -0.25) is 4.79 Å². The molecule has 7 nitrogen and oxygen atoms in total. The molecule has 4 saturated carbocycles. The number of carbonyl (C=O) groups is 1. The molecule has 7 heteroatoms. The average molecular weight is 605 g/mol. The van der Waals surface area contributed by atoms with E-state index in [0.29, 0.717) is 24.5 Å². The standard InChI is InChI=1S/C36H60O7/c1-20(2)11-10-15-36(9,43-31-30(41)29(40)28(39)21(3)42-31)22-12-17-35(8)27(22)23(37)19-25-33(6)16-14-26(38)32(4,5)24(33)13-18-34(25,35)7/h11,21-22,24-31,38-41H,10,12-19H2,1-9H3/t21-,22-,24-,25+,26-,27-,28-,29+,30+,31+,33-,34+,35+,36-/m0/s1. The average Bonchev–Trinajstić information content (AvgIpc) is 3.30. The van der Waals surface area contributed by atoms with Crippen LogP contribution in [-0.4, -0.2) is 68.6 Å². The van der Waals surface area contributed by atoms with Gasteiger partial charge in [-0.15, -0.1) is 0 Å². The Kier molecular flexibility index (Phi) is 8.70. The Morgan fingerprint density at radius 1 is 0.930 bits per heavy atom. The summed E-state index contributed by atoms with van der Waals surface area (Å²) >= 11 is 0. The molecule has 0 unspecified atom stereocenters. The third kappa shape index (κ3) is 5.02. The van der Waals surface area contributed by atoms with Gasteiger partial charge in [0.05, 0.1) is 17.8 Å². The Labute approximate surface area is 259 Å². The Balaban J connectivity index is 1.49. The Hall–Kier alpha value is -0.830. The molecule has 0 spiro atoms. The van der Waals surface area contributed by atoms with E-state index in [2.05, 4.69) is 61.5 Å². The van der Waals surface area contributed by atoms with E-state index >= 15 is 0 Å². The van der Waals surface area contributed by atoms with Gasteiger partial charge in [0.1, 0.15) is 24.1 Å². The predicted molar refractivity (Wildman–Crippen MR) is 166 cm³/mol. The number of carbonyl (C=O) groups excluding carboxylic acids is 1. The van der Waals surface area contributed by atoms with Gasteiger partial charge < -0.3 is 29.9 Å². The maximum absolute atomic E-state index is 14.6. The zero-order chi connectivity index (χ0) is 31.9. The van der Waals surface area contributed by atoms with E-state index in [4.69, 9.17) is 9.47 Å². The second-order valence-electron chi connectivity index (χ2n) is 17.1. The molecular weight excluding hydrogens is 544 g/mol. The smallest absolute Gasteiger partial charge is 0.187 e. The first kappa shape index (κ1) is 33.5. The van der Waals surface area contributed by atoms with Crippen molar-refractivity contribution in [1.29, 1.82) is 0 Å². The molecule has 246 valence electrons. The Morgan fingerprint density at radius 3 is 2.23 bits per heavy atom. The number of ketones is 1. The van der Waals surface area contributed by atoms with Crippen molar-refractivity contribution in [3.8, 4) is 0 Å². The van der Waals surface area contributed by atoms with Crippen LogP contribution in [0.15, 0.2) is 11.6 Å². The van der Waals surface area contributed by atoms with Gasteiger partial charge in [0.15, 0.2) is 6.29 Å². The molecule has 4 N–H and O–H groups in total. The van der Waals surface area contributed by atoms with Gasteiger partial charge >= 0.3 is 0 Å². The van der Waals surface area contributed by atoms with Gasteiger partial charge in [0, 0.05) is 12.3 Å². The molecule has 4 aliphatic carbocycles. The van der Waals surface area contributed by atoms with Gasteiger partial charge in [0.25, 0.3) is 0 Å². The molecule has 0 bridgehead atoms. The van der Waals surface area contributed by atoms with Crippen molar-refractivity contribution in [2.75, 3.05) is 0 Å². The maximum Gasteiger partial charge on any atom is 0.187 e. The van der Waals surface area contributed by atoms with Crippen LogP contribution in [0.3, 0.4) is 0 Å². The fourth-order valence-electron chi connectivity index (χ4n) is 11.5. The minimum atomic E-state index is -1.38. The van der Waals surface area contributed by atoms with Gasteiger partial charge in [0.2, 0.25) is 0 Å². The van der Waals surface area contributed by atoms with Crippen molar-refractivity contribution in [3.05, 3.63) is 11.6 Å². The van der Waals surface area contributed by atoms with Crippen molar-refractivity contribution in [2.24, 2.45) is 45.3 Å². The molecule has 0 radical (unpaired) electrons. The number of fused-ring (bicyclic) bond motifs is 5.